The number of hydrogen-bond acceptors (Lipinski definition) is 4. The van der Waals surface area contributed by atoms with Crippen LogP contribution in [0.5, 0.6) is 5.75 Å². The summed E-state index contributed by atoms with van der Waals surface area (Å²) < 4.78 is 5.34. The third-order valence-corrected chi connectivity index (χ3v) is 6.20. The van der Waals surface area contributed by atoms with Crippen molar-refractivity contribution in [2.45, 2.75) is 84.0 Å². The molecule has 2 aromatic rings. The van der Waals surface area contributed by atoms with Gasteiger partial charge in [-0.3, -0.25) is 4.79 Å². The van der Waals surface area contributed by atoms with Crippen molar-refractivity contribution in [2.24, 2.45) is 5.10 Å². The maximum Gasteiger partial charge on any atom is 0.345 e. The van der Waals surface area contributed by atoms with Gasteiger partial charge in [-0.1, -0.05) is 94.3 Å². The van der Waals surface area contributed by atoms with Crippen molar-refractivity contribution in [1.29, 1.82) is 0 Å². The average molecular weight is 520 g/mol. The normalized spacial score (nSPS) is 11.1. The summed E-state index contributed by atoms with van der Waals surface area (Å²) in [6.45, 7) is 2.25. The minimum Gasteiger partial charge on any atom is -0.423 e. The Morgan fingerprint density at radius 1 is 0.857 bits per heavy atom. The number of carbonyl (C=O) groups excluding carboxylic acids is 2. The van der Waals surface area contributed by atoms with Crippen LogP contribution in [0.1, 0.15) is 99.9 Å². The van der Waals surface area contributed by atoms with E-state index in [1.165, 1.54) is 69.9 Å². The van der Waals surface area contributed by atoms with Gasteiger partial charge in [0.25, 0.3) is 0 Å². The van der Waals surface area contributed by atoms with E-state index in [-0.39, 0.29) is 16.5 Å². The van der Waals surface area contributed by atoms with Gasteiger partial charge in [0.1, 0.15) is 5.75 Å². The quantitative estimate of drug-likeness (QED) is 0.0797. The van der Waals surface area contributed by atoms with Gasteiger partial charge in [-0.05, 0) is 54.4 Å². The molecule has 2 rings (SSSR count). The number of amides is 1. The highest BCUT2D eigenvalue weighted by atomic mass is 35.5. The lowest BCUT2D eigenvalue weighted by Gasteiger charge is -2.06. The molecule has 190 valence electrons. The van der Waals surface area contributed by atoms with Gasteiger partial charge < -0.3 is 4.74 Å². The SMILES string of the molecule is CCCCCCCCCCCCCC(=O)NN=Cc1ccc(OC(=O)c2ccc(Cl)cc2Cl)cc1. The molecule has 5 nitrogen and oxygen atoms in total. The van der Waals surface area contributed by atoms with E-state index >= 15 is 0 Å². The molecular weight excluding hydrogens is 483 g/mol. The van der Waals surface area contributed by atoms with Crippen molar-refractivity contribution in [3.63, 3.8) is 0 Å². The minimum absolute atomic E-state index is 0.0810. The fourth-order valence-electron chi connectivity index (χ4n) is 3.62. The van der Waals surface area contributed by atoms with Crippen LogP contribution in [-0.4, -0.2) is 18.1 Å². The second-order valence-electron chi connectivity index (χ2n) is 8.66. The van der Waals surface area contributed by atoms with Crippen LogP contribution in [0.3, 0.4) is 0 Å². The molecule has 0 aliphatic carbocycles. The van der Waals surface area contributed by atoms with Gasteiger partial charge in [0.05, 0.1) is 16.8 Å². The molecule has 7 heteroatoms. The number of esters is 1. The highest BCUT2D eigenvalue weighted by Gasteiger charge is 2.13. The smallest absolute Gasteiger partial charge is 0.345 e. The Hall–Kier alpha value is -2.37. The third kappa shape index (κ3) is 12.2. The van der Waals surface area contributed by atoms with Crippen molar-refractivity contribution in [3.05, 3.63) is 63.6 Å². The number of nitrogens with one attached hydrogen (secondary N) is 1. The van der Waals surface area contributed by atoms with Crippen molar-refractivity contribution in [2.75, 3.05) is 0 Å². The predicted octanol–water partition coefficient (Wildman–Crippen LogP) is 8.36. The molecule has 0 aliphatic rings. The fourth-order valence-corrected chi connectivity index (χ4v) is 4.11. The molecule has 0 heterocycles. The fraction of sp³-hybridized carbons (Fsp3) is 0.464. The van der Waals surface area contributed by atoms with Crippen molar-refractivity contribution >= 4 is 41.3 Å². The van der Waals surface area contributed by atoms with Gasteiger partial charge >= 0.3 is 5.97 Å². The lowest BCUT2D eigenvalue weighted by Crippen LogP contribution is -2.16. The monoisotopic (exact) mass is 518 g/mol. The molecule has 0 aromatic heterocycles. The van der Waals surface area contributed by atoms with E-state index in [1.54, 1.807) is 36.5 Å². The highest BCUT2D eigenvalue weighted by Crippen LogP contribution is 2.23. The van der Waals surface area contributed by atoms with Gasteiger partial charge in [0.2, 0.25) is 5.91 Å². The number of hydrogen-bond donors (Lipinski definition) is 1. The van der Waals surface area contributed by atoms with E-state index in [1.807, 2.05) is 0 Å². The zero-order valence-electron chi connectivity index (χ0n) is 20.5. The Labute approximate surface area is 219 Å². The largest absolute Gasteiger partial charge is 0.423 e. The number of carbonyl (C=O) groups is 2. The number of unbranched alkanes of at least 4 members (excludes halogenated alkanes) is 10. The van der Waals surface area contributed by atoms with E-state index in [0.29, 0.717) is 17.2 Å². The van der Waals surface area contributed by atoms with E-state index in [0.717, 1.165) is 18.4 Å². The molecule has 1 N–H and O–H groups in total. The Balaban J connectivity index is 1.59. The molecule has 0 saturated carbocycles. The average Bonchev–Trinajstić information content (AvgIpc) is 2.83. The molecule has 2 aromatic carbocycles. The first-order valence-corrected chi connectivity index (χ1v) is 13.3. The molecule has 0 saturated heterocycles. The first-order valence-electron chi connectivity index (χ1n) is 12.6. The van der Waals surface area contributed by atoms with Crippen molar-refractivity contribution in [3.8, 4) is 5.75 Å². The van der Waals surface area contributed by atoms with Crippen LogP contribution in [0.15, 0.2) is 47.6 Å². The lowest BCUT2D eigenvalue weighted by molar-refractivity contribution is -0.121. The molecule has 35 heavy (non-hydrogen) atoms. The zero-order chi connectivity index (χ0) is 25.3. The maximum atomic E-state index is 12.3. The molecule has 0 aliphatic heterocycles. The minimum atomic E-state index is -0.567. The van der Waals surface area contributed by atoms with Gasteiger partial charge in [-0.25, -0.2) is 10.2 Å². The molecule has 0 spiro atoms. The first-order chi connectivity index (χ1) is 17.0. The van der Waals surface area contributed by atoms with E-state index < -0.39 is 5.97 Å². The molecule has 0 radical (unpaired) electrons. The van der Waals surface area contributed by atoms with Gasteiger partial charge in [0, 0.05) is 11.4 Å². The first kappa shape index (κ1) is 28.9. The number of hydrazone groups is 1. The standard InChI is InChI=1S/C28H36Cl2N2O3/c1-2-3-4-5-6-7-8-9-10-11-12-13-27(33)32-31-21-22-14-17-24(18-15-22)35-28(34)25-19-16-23(29)20-26(25)30/h14-21H,2-13H2,1H3,(H,32,33). The highest BCUT2D eigenvalue weighted by molar-refractivity contribution is 6.36. The predicted molar refractivity (Wildman–Crippen MR) is 145 cm³/mol. The number of ether oxygens (including phenoxy) is 1. The van der Waals surface area contributed by atoms with Crippen molar-refractivity contribution in [1.82, 2.24) is 5.43 Å². The van der Waals surface area contributed by atoms with E-state index in [9.17, 15) is 9.59 Å². The zero-order valence-corrected chi connectivity index (χ0v) is 22.0. The number of nitrogens with zero attached hydrogens (tertiary/aromatic N) is 1. The molecule has 0 atom stereocenters. The summed E-state index contributed by atoms with van der Waals surface area (Å²) in [7, 11) is 0. The van der Waals surface area contributed by atoms with Crippen LogP contribution >= 0.6 is 23.2 Å². The van der Waals surface area contributed by atoms with Crippen LogP contribution in [0.4, 0.5) is 0 Å². The second-order valence-corrected chi connectivity index (χ2v) is 9.51. The van der Waals surface area contributed by atoms with Crippen molar-refractivity contribution < 1.29 is 14.3 Å². The molecule has 0 unspecified atom stereocenters. The molecule has 0 bridgehead atoms. The molecular formula is C28H36Cl2N2O3. The van der Waals surface area contributed by atoms with Crippen LogP contribution in [0.2, 0.25) is 10.0 Å². The van der Waals surface area contributed by atoms with Crippen LogP contribution in [0, 0.1) is 0 Å². The topological polar surface area (TPSA) is 67.8 Å². The van der Waals surface area contributed by atoms with Crippen LogP contribution in [-0.2, 0) is 4.79 Å². The number of benzene rings is 2. The summed E-state index contributed by atoms with van der Waals surface area (Å²) in [6.07, 6.45) is 15.8. The summed E-state index contributed by atoms with van der Waals surface area (Å²) in [4.78, 5) is 24.2. The van der Waals surface area contributed by atoms with Gasteiger partial charge in [0.15, 0.2) is 0 Å². The Kier molecular flexibility index (Phi) is 14.1. The Morgan fingerprint density at radius 2 is 1.46 bits per heavy atom. The van der Waals surface area contributed by atoms with Crippen LogP contribution < -0.4 is 10.2 Å². The maximum absolute atomic E-state index is 12.3. The summed E-state index contributed by atoms with van der Waals surface area (Å²) in [5.74, 6) is -0.274. The summed E-state index contributed by atoms with van der Waals surface area (Å²) in [5.41, 5.74) is 3.57. The number of halogens is 2. The van der Waals surface area contributed by atoms with Gasteiger partial charge in [-0.2, -0.15) is 5.10 Å². The summed E-state index contributed by atoms with van der Waals surface area (Å²) in [5, 5.41) is 4.68. The summed E-state index contributed by atoms with van der Waals surface area (Å²) in [6, 6.07) is 11.4. The second kappa shape index (κ2) is 17.1. The Morgan fingerprint density at radius 3 is 2.06 bits per heavy atom. The lowest BCUT2D eigenvalue weighted by atomic mass is 10.1. The molecule has 1 amide bonds. The molecule has 0 fully saturated rings. The Bertz CT molecular complexity index is 946. The summed E-state index contributed by atoms with van der Waals surface area (Å²) >= 11 is 11.9. The third-order valence-electron chi connectivity index (χ3n) is 5.65. The van der Waals surface area contributed by atoms with Crippen LogP contribution in [0.25, 0.3) is 0 Å². The number of rotatable bonds is 16. The van der Waals surface area contributed by atoms with E-state index in [4.69, 9.17) is 27.9 Å². The van der Waals surface area contributed by atoms with E-state index in [2.05, 4.69) is 17.5 Å². The van der Waals surface area contributed by atoms with Gasteiger partial charge in [-0.15, -0.1) is 0 Å².